The van der Waals surface area contributed by atoms with Crippen LogP contribution in [0.4, 0.5) is 5.69 Å². The maximum atomic E-state index is 5.02. The van der Waals surface area contributed by atoms with Gasteiger partial charge in [0.2, 0.25) is 0 Å². The van der Waals surface area contributed by atoms with E-state index in [1.807, 2.05) is 0 Å². The second kappa shape index (κ2) is 8.30. The van der Waals surface area contributed by atoms with E-state index in [-0.39, 0.29) is 0 Å². The molecule has 142 valence electrons. The SMILES string of the molecule is CCNC(=NCC1CCN(C2CC2)C1)N1CCN(c2ccccc2)CC1. The first-order chi connectivity index (χ1) is 12.8. The number of rotatable bonds is 5. The fraction of sp³-hybridized carbons (Fsp3) is 0.667. The summed E-state index contributed by atoms with van der Waals surface area (Å²) in [6, 6.07) is 11.7. The van der Waals surface area contributed by atoms with Gasteiger partial charge in [-0.05, 0) is 50.8 Å². The largest absolute Gasteiger partial charge is 0.368 e. The van der Waals surface area contributed by atoms with Gasteiger partial charge in [-0.25, -0.2) is 0 Å². The van der Waals surface area contributed by atoms with Gasteiger partial charge in [0.1, 0.15) is 0 Å². The summed E-state index contributed by atoms with van der Waals surface area (Å²) in [5.41, 5.74) is 1.33. The standard InChI is InChI=1S/C21H33N5/c1-2-22-21(23-16-18-10-11-26(17-18)20-8-9-20)25-14-12-24(13-15-25)19-6-4-3-5-7-19/h3-7,18,20H,2,8-17H2,1H3,(H,22,23). The minimum atomic E-state index is 0.745. The average molecular weight is 356 g/mol. The number of benzene rings is 1. The van der Waals surface area contributed by atoms with E-state index in [1.54, 1.807) is 0 Å². The molecule has 1 aromatic carbocycles. The van der Waals surface area contributed by atoms with Crippen LogP contribution in [-0.2, 0) is 0 Å². The van der Waals surface area contributed by atoms with Crippen LogP contribution >= 0.6 is 0 Å². The van der Waals surface area contributed by atoms with E-state index in [9.17, 15) is 0 Å². The summed E-state index contributed by atoms with van der Waals surface area (Å²) in [5.74, 6) is 1.86. The lowest BCUT2D eigenvalue weighted by Crippen LogP contribution is -2.52. The van der Waals surface area contributed by atoms with Crippen LogP contribution in [0, 0.1) is 5.92 Å². The number of hydrogen-bond donors (Lipinski definition) is 1. The predicted octanol–water partition coefficient (Wildman–Crippen LogP) is 2.26. The monoisotopic (exact) mass is 355 g/mol. The molecule has 1 unspecified atom stereocenters. The first-order valence-electron chi connectivity index (χ1n) is 10.4. The van der Waals surface area contributed by atoms with Crippen LogP contribution in [0.2, 0.25) is 0 Å². The maximum Gasteiger partial charge on any atom is 0.194 e. The van der Waals surface area contributed by atoms with Gasteiger partial charge in [-0.3, -0.25) is 4.99 Å². The normalized spacial score (nSPS) is 25.0. The number of guanidine groups is 1. The summed E-state index contributed by atoms with van der Waals surface area (Å²) in [4.78, 5) is 12.6. The molecule has 1 atom stereocenters. The van der Waals surface area contributed by atoms with E-state index in [1.165, 1.54) is 38.0 Å². The number of hydrogen-bond acceptors (Lipinski definition) is 3. The lowest BCUT2D eigenvalue weighted by atomic mass is 10.1. The van der Waals surface area contributed by atoms with Crippen LogP contribution in [0.1, 0.15) is 26.2 Å². The summed E-state index contributed by atoms with van der Waals surface area (Å²) >= 11 is 0. The van der Waals surface area contributed by atoms with Gasteiger partial charge < -0.3 is 20.0 Å². The Morgan fingerprint density at radius 2 is 1.81 bits per heavy atom. The minimum absolute atomic E-state index is 0.745. The van der Waals surface area contributed by atoms with Gasteiger partial charge >= 0.3 is 0 Å². The van der Waals surface area contributed by atoms with Crippen molar-refractivity contribution in [2.75, 3.05) is 57.3 Å². The Hall–Kier alpha value is -1.75. The van der Waals surface area contributed by atoms with Crippen molar-refractivity contribution >= 4 is 11.6 Å². The van der Waals surface area contributed by atoms with Crippen molar-refractivity contribution in [2.45, 2.75) is 32.2 Å². The van der Waals surface area contributed by atoms with E-state index < -0.39 is 0 Å². The van der Waals surface area contributed by atoms with Crippen LogP contribution in [0.25, 0.3) is 0 Å². The second-order valence-corrected chi connectivity index (χ2v) is 7.89. The van der Waals surface area contributed by atoms with Gasteiger partial charge in [-0.1, -0.05) is 18.2 Å². The third-order valence-electron chi connectivity index (χ3n) is 5.92. The second-order valence-electron chi connectivity index (χ2n) is 7.89. The zero-order valence-corrected chi connectivity index (χ0v) is 16.1. The third kappa shape index (κ3) is 4.32. The first kappa shape index (κ1) is 17.7. The zero-order chi connectivity index (χ0) is 17.8. The van der Waals surface area contributed by atoms with E-state index in [4.69, 9.17) is 4.99 Å². The minimum Gasteiger partial charge on any atom is -0.368 e. The average Bonchev–Trinajstić information content (AvgIpc) is 3.44. The Kier molecular flexibility index (Phi) is 5.63. The molecule has 5 heteroatoms. The summed E-state index contributed by atoms with van der Waals surface area (Å²) in [6.07, 6.45) is 4.16. The van der Waals surface area contributed by atoms with Crippen molar-refractivity contribution in [1.82, 2.24) is 15.1 Å². The summed E-state index contributed by atoms with van der Waals surface area (Å²) in [6.45, 7) is 10.8. The molecule has 1 aromatic rings. The molecule has 2 saturated heterocycles. The molecule has 0 spiro atoms. The molecule has 1 saturated carbocycles. The summed E-state index contributed by atoms with van der Waals surface area (Å²) in [5, 5.41) is 3.52. The van der Waals surface area contributed by atoms with E-state index in [0.29, 0.717) is 0 Å². The van der Waals surface area contributed by atoms with Crippen LogP contribution in [0.15, 0.2) is 35.3 Å². The molecule has 1 aliphatic carbocycles. The predicted molar refractivity (Wildman–Crippen MR) is 109 cm³/mol. The highest BCUT2D eigenvalue weighted by molar-refractivity contribution is 5.80. The number of nitrogens with one attached hydrogen (secondary N) is 1. The topological polar surface area (TPSA) is 34.1 Å². The quantitative estimate of drug-likeness (QED) is 0.649. The van der Waals surface area contributed by atoms with Crippen molar-refractivity contribution in [2.24, 2.45) is 10.9 Å². The van der Waals surface area contributed by atoms with Crippen LogP contribution in [-0.4, -0.2) is 74.2 Å². The van der Waals surface area contributed by atoms with Crippen molar-refractivity contribution in [1.29, 1.82) is 0 Å². The molecule has 0 aromatic heterocycles. The molecule has 26 heavy (non-hydrogen) atoms. The van der Waals surface area contributed by atoms with E-state index >= 15 is 0 Å². The lowest BCUT2D eigenvalue weighted by molar-refractivity contribution is 0.315. The Morgan fingerprint density at radius 1 is 1.04 bits per heavy atom. The fourth-order valence-electron chi connectivity index (χ4n) is 4.24. The highest BCUT2D eigenvalue weighted by Crippen LogP contribution is 2.31. The molecule has 4 rings (SSSR count). The first-order valence-corrected chi connectivity index (χ1v) is 10.4. The molecule has 0 bridgehead atoms. The number of likely N-dealkylation sites (tertiary alicyclic amines) is 1. The van der Waals surface area contributed by atoms with E-state index in [0.717, 1.165) is 57.2 Å². The Bertz CT molecular complexity index is 590. The summed E-state index contributed by atoms with van der Waals surface area (Å²) < 4.78 is 0. The molecule has 5 nitrogen and oxygen atoms in total. The molecule has 3 aliphatic rings. The van der Waals surface area contributed by atoms with Gasteiger partial charge in [-0.2, -0.15) is 0 Å². The smallest absolute Gasteiger partial charge is 0.194 e. The van der Waals surface area contributed by atoms with Gasteiger partial charge in [-0.15, -0.1) is 0 Å². The van der Waals surface area contributed by atoms with Gasteiger partial charge in [0.15, 0.2) is 5.96 Å². The molecule has 0 amide bonds. The van der Waals surface area contributed by atoms with Crippen molar-refractivity contribution < 1.29 is 0 Å². The van der Waals surface area contributed by atoms with Crippen LogP contribution < -0.4 is 10.2 Å². The third-order valence-corrected chi connectivity index (χ3v) is 5.92. The van der Waals surface area contributed by atoms with E-state index in [2.05, 4.69) is 57.3 Å². The van der Waals surface area contributed by atoms with Crippen LogP contribution in [0.5, 0.6) is 0 Å². The van der Waals surface area contributed by atoms with Crippen LogP contribution in [0.3, 0.4) is 0 Å². The van der Waals surface area contributed by atoms with Gasteiger partial charge in [0.05, 0.1) is 0 Å². The Labute approximate surface area is 158 Å². The van der Waals surface area contributed by atoms with Crippen molar-refractivity contribution in [3.8, 4) is 0 Å². The number of para-hydroxylation sites is 1. The Balaban J connectivity index is 1.30. The van der Waals surface area contributed by atoms with Gasteiger partial charge in [0.25, 0.3) is 0 Å². The highest BCUT2D eigenvalue weighted by Gasteiger charge is 2.34. The number of aliphatic imine (C=N–C) groups is 1. The maximum absolute atomic E-state index is 5.02. The molecule has 1 N–H and O–H groups in total. The number of anilines is 1. The van der Waals surface area contributed by atoms with Crippen molar-refractivity contribution in [3.63, 3.8) is 0 Å². The Morgan fingerprint density at radius 3 is 2.50 bits per heavy atom. The molecule has 2 aliphatic heterocycles. The molecule has 3 fully saturated rings. The lowest BCUT2D eigenvalue weighted by Gasteiger charge is -2.37. The number of piperazine rings is 1. The molecular formula is C21H33N5. The highest BCUT2D eigenvalue weighted by atomic mass is 15.3. The molecular weight excluding hydrogens is 322 g/mol. The molecule has 0 radical (unpaired) electrons. The summed E-state index contributed by atoms with van der Waals surface area (Å²) in [7, 11) is 0. The molecule has 2 heterocycles. The zero-order valence-electron chi connectivity index (χ0n) is 16.1. The number of nitrogens with zero attached hydrogens (tertiary/aromatic N) is 4. The fourth-order valence-corrected chi connectivity index (χ4v) is 4.24. The van der Waals surface area contributed by atoms with Crippen molar-refractivity contribution in [3.05, 3.63) is 30.3 Å². The van der Waals surface area contributed by atoms with Gasteiger partial charge in [0, 0.05) is 57.5 Å².